The Morgan fingerprint density at radius 2 is 1.89 bits per heavy atom. The maximum atomic E-state index is 12.9. The van der Waals surface area contributed by atoms with Gasteiger partial charge in [-0.2, -0.15) is 13.5 Å². The number of nitrogens with zero attached hydrogens (tertiary/aromatic N) is 2. The van der Waals surface area contributed by atoms with Crippen LogP contribution >= 0.6 is 0 Å². The van der Waals surface area contributed by atoms with Gasteiger partial charge in [0.1, 0.15) is 5.82 Å². The van der Waals surface area contributed by atoms with E-state index in [9.17, 15) is 22.9 Å². The van der Waals surface area contributed by atoms with Crippen LogP contribution in [0.1, 0.15) is 19.4 Å². The number of methoxy groups -OCH3 is 1. The first-order valence-corrected chi connectivity index (χ1v) is 9.46. The number of hydrogen-bond donors (Lipinski definition) is 1. The quantitative estimate of drug-likeness (QED) is 0.405. The van der Waals surface area contributed by atoms with Crippen molar-refractivity contribution in [1.82, 2.24) is 4.83 Å². The fourth-order valence-corrected chi connectivity index (χ4v) is 2.95. The number of rotatable bonds is 8. The van der Waals surface area contributed by atoms with Crippen LogP contribution in [0.5, 0.6) is 11.5 Å². The van der Waals surface area contributed by atoms with E-state index >= 15 is 0 Å². The van der Waals surface area contributed by atoms with Crippen molar-refractivity contribution in [3.63, 3.8) is 0 Å². The maximum Gasteiger partial charge on any atom is 0.315 e. The van der Waals surface area contributed by atoms with Crippen LogP contribution in [0.25, 0.3) is 0 Å². The van der Waals surface area contributed by atoms with Crippen molar-refractivity contribution in [2.45, 2.75) is 24.8 Å². The van der Waals surface area contributed by atoms with E-state index in [1.54, 1.807) is 13.8 Å². The monoisotopic (exact) mass is 411 g/mol. The van der Waals surface area contributed by atoms with E-state index in [4.69, 9.17) is 9.47 Å². The molecule has 0 radical (unpaired) electrons. The molecule has 0 fully saturated rings. The highest BCUT2D eigenvalue weighted by atomic mass is 32.2. The normalized spacial score (nSPS) is 11.6. The first-order valence-electron chi connectivity index (χ1n) is 7.97. The van der Waals surface area contributed by atoms with Crippen molar-refractivity contribution < 1.29 is 27.2 Å². The zero-order valence-corrected chi connectivity index (χ0v) is 16.1. The number of nitrogens with one attached hydrogen (secondary N) is 1. The topological polar surface area (TPSA) is 120 Å². The highest BCUT2D eigenvalue weighted by molar-refractivity contribution is 7.89. The highest BCUT2D eigenvalue weighted by Gasteiger charge is 2.23. The molecule has 1 N–H and O–H groups in total. The second-order valence-corrected chi connectivity index (χ2v) is 7.46. The van der Waals surface area contributed by atoms with Gasteiger partial charge in [0.25, 0.3) is 10.0 Å². The SMILES string of the molecule is COc1cc(/C=N/NS(=O)(=O)c2ccc(F)cc2)cc([N+](=O)[O-])c1OC(C)C. The second-order valence-electron chi connectivity index (χ2n) is 5.80. The van der Waals surface area contributed by atoms with Gasteiger partial charge in [-0.3, -0.25) is 10.1 Å². The van der Waals surface area contributed by atoms with Crippen molar-refractivity contribution in [2.24, 2.45) is 5.10 Å². The average Bonchev–Trinajstić information content (AvgIpc) is 2.62. The van der Waals surface area contributed by atoms with E-state index in [0.29, 0.717) is 0 Å². The minimum atomic E-state index is -4.02. The fourth-order valence-electron chi connectivity index (χ4n) is 2.16. The van der Waals surface area contributed by atoms with Crippen molar-refractivity contribution in [1.29, 1.82) is 0 Å². The lowest BCUT2D eigenvalue weighted by molar-refractivity contribution is -0.386. The van der Waals surface area contributed by atoms with Gasteiger partial charge in [-0.1, -0.05) is 0 Å². The third-order valence-electron chi connectivity index (χ3n) is 3.34. The lowest BCUT2D eigenvalue weighted by Gasteiger charge is -2.14. The molecule has 2 aromatic rings. The molecular formula is C17H18FN3O6S. The van der Waals surface area contributed by atoms with Crippen molar-refractivity contribution >= 4 is 21.9 Å². The summed E-state index contributed by atoms with van der Waals surface area (Å²) in [6.45, 7) is 3.42. The number of hydrogen-bond acceptors (Lipinski definition) is 7. The van der Waals surface area contributed by atoms with Gasteiger partial charge in [0.05, 0.1) is 29.2 Å². The third kappa shape index (κ3) is 5.16. The predicted molar refractivity (Wildman–Crippen MR) is 99.7 cm³/mol. The molecule has 0 aliphatic carbocycles. The summed E-state index contributed by atoms with van der Waals surface area (Å²) in [6, 6.07) is 6.76. The zero-order valence-electron chi connectivity index (χ0n) is 15.2. The molecule has 0 amide bonds. The lowest BCUT2D eigenvalue weighted by atomic mass is 10.2. The molecule has 0 heterocycles. The Morgan fingerprint density at radius 3 is 2.43 bits per heavy atom. The van der Waals surface area contributed by atoms with Crippen LogP contribution in [0, 0.1) is 15.9 Å². The van der Waals surface area contributed by atoms with Crippen molar-refractivity contribution in [2.75, 3.05) is 7.11 Å². The number of ether oxygens (including phenoxy) is 2. The molecule has 0 aromatic heterocycles. The summed E-state index contributed by atoms with van der Waals surface area (Å²) in [6.07, 6.45) is 0.755. The summed E-state index contributed by atoms with van der Waals surface area (Å²) >= 11 is 0. The minimum absolute atomic E-state index is 0.0356. The van der Waals surface area contributed by atoms with Gasteiger partial charge in [-0.15, -0.1) is 0 Å². The Morgan fingerprint density at radius 1 is 1.25 bits per heavy atom. The predicted octanol–water partition coefficient (Wildman–Crippen LogP) is 2.84. The highest BCUT2D eigenvalue weighted by Crippen LogP contribution is 2.38. The number of halogens is 1. The molecule has 0 spiro atoms. The molecule has 0 saturated heterocycles. The van der Waals surface area contributed by atoms with E-state index in [0.717, 1.165) is 30.5 Å². The molecule has 150 valence electrons. The molecule has 0 atom stereocenters. The zero-order chi connectivity index (χ0) is 20.9. The van der Waals surface area contributed by atoms with E-state index in [1.807, 2.05) is 4.83 Å². The minimum Gasteiger partial charge on any atom is -0.493 e. The molecule has 0 bridgehead atoms. The molecule has 2 rings (SSSR count). The summed E-state index contributed by atoms with van der Waals surface area (Å²) in [4.78, 5) is 12.5. The molecule has 0 aliphatic heterocycles. The molecule has 0 aliphatic rings. The van der Waals surface area contributed by atoms with Crippen LogP contribution in [0.2, 0.25) is 0 Å². The van der Waals surface area contributed by atoms with E-state index in [-0.39, 0.29) is 33.7 Å². The van der Waals surface area contributed by atoms with Crippen LogP contribution in [-0.2, 0) is 10.0 Å². The van der Waals surface area contributed by atoms with Crippen LogP contribution in [0.3, 0.4) is 0 Å². The first kappa shape index (κ1) is 21.1. The van der Waals surface area contributed by atoms with Gasteiger partial charge in [-0.05, 0) is 44.2 Å². The van der Waals surface area contributed by atoms with Gasteiger partial charge in [-0.25, -0.2) is 9.22 Å². The second kappa shape index (κ2) is 8.65. The van der Waals surface area contributed by atoms with Crippen molar-refractivity contribution in [3.8, 4) is 11.5 Å². The summed E-state index contributed by atoms with van der Waals surface area (Å²) in [5.74, 6) is -0.511. The van der Waals surface area contributed by atoms with Gasteiger partial charge in [0.15, 0.2) is 5.75 Å². The first-order chi connectivity index (χ1) is 13.1. The Balaban J connectivity index is 2.31. The standard InChI is InChI=1S/C17H18FN3O6S/c1-11(2)27-17-15(21(22)23)8-12(9-16(17)26-3)10-19-20-28(24,25)14-6-4-13(18)5-7-14/h4-11,20H,1-3H3/b19-10+. The molecule has 11 heteroatoms. The molecular weight excluding hydrogens is 393 g/mol. The number of sulfonamides is 1. The van der Waals surface area contributed by atoms with Gasteiger partial charge in [0.2, 0.25) is 5.75 Å². The summed E-state index contributed by atoms with van der Waals surface area (Å²) in [7, 11) is -2.69. The smallest absolute Gasteiger partial charge is 0.315 e. The van der Waals surface area contributed by atoms with Gasteiger partial charge < -0.3 is 9.47 Å². The average molecular weight is 411 g/mol. The number of nitro groups is 1. The van der Waals surface area contributed by atoms with E-state index < -0.39 is 20.8 Å². The van der Waals surface area contributed by atoms with Crippen molar-refractivity contribution in [3.05, 3.63) is 57.9 Å². The van der Waals surface area contributed by atoms with Gasteiger partial charge >= 0.3 is 5.69 Å². The number of benzene rings is 2. The van der Waals surface area contributed by atoms with Crippen LogP contribution in [-0.4, -0.2) is 32.8 Å². The Kier molecular flexibility index (Phi) is 6.52. The summed E-state index contributed by atoms with van der Waals surface area (Å²) in [5.41, 5.74) is -0.141. The summed E-state index contributed by atoms with van der Waals surface area (Å²) < 4.78 is 47.7. The lowest BCUT2D eigenvalue weighted by Crippen LogP contribution is -2.18. The molecule has 2 aromatic carbocycles. The van der Waals surface area contributed by atoms with Crippen LogP contribution in [0.4, 0.5) is 10.1 Å². The molecule has 0 unspecified atom stereocenters. The molecule has 9 nitrogen and oxygen atoms in total. The summed E-state index contributed by atoms with van der Waals surface area (Å²) in [5, 5.41) is 15.0. The van der Waals surface area contributed by atoms with Crippen LogP contribution < -0.4 is 14.3 Å². The molecule has 28 heavy (non-hydrogen) atoms. The Hall–Kier alpha value is -3.21. The van der Waals surface area contributed by atoms with E-state index in [1.165, 1.54) is 19.2 Å². The Bertz CT molecular complexity index is 991. The Labute approximate surface area is 161 Å². The van der Waals surface area contributed by atoms with Gasteiger partial charge in [0, 0.05) is 11.6 Å². The largest absolute Gasteiger partial charge is 0.493 e. The maximum absolute atomic E-state index is 12.9. The third-order valence-corrected chi connectivity index (χ3v) is 4.58. The fraction of sp³-hybridized carbons (Fsp3) is 0.235. The van der Waals surface area contributed by atoms with Crippen LogP contribution in [0.15, 0.2) is 46.4 Å². The number of hydrazone groups is 1. The molecule has 0 saturated carbocycles. The van der Waals surface area contributed by atoms with E-state index in [2.05, 4.69) is 5.10 Å². The number of nitro benzene ring substituents is 1.